The number of nitrogens with zero attached hydrogens (tertiary/aromatic N) is 2. The van der Waals surface area contributed by atoms with Gasteiger partial charge in [-0.1, -0.05) is 79.2 Å². The van der Waals surface area contributed by atoms with Crippen LogP contribution in [-0.4, -0.2) is 17.1 Å². The molecule has 0 saturated carbocycles. The zero-order chi connectivity index (χ0) is 23.7. The van der Waals surface area contributed by atoms with Gasteiger partial charge >= 0.3 is 5.97 Å². The van der Waals surface area contributed by atoms with E-state index in [1.165, 1.54) is 16.9 Å². The number of rotatable bonds is 5. The van der Waals surface area contributed by atoms with Gasteiger partial charge in [-0.3, -0.25) is 9.36 Å². The Morgan fingerprint density at radius 1 is 1.21 bits per heavy atom. The van der Waals surface area contributed by atoms with Crippen molar-refractivity contribution in [2.45, 2.75) is 39.7 Å². The molecule has 7 heteroatoms. The van der Waals surface area contributed by atoms with Crippen molar-refractivity contribution in [3.8, 4) is 0 Å². The Hall–Kier alpha value is -2.96. The van der Waals surface area contributed by atoms with E-state index >= 15 is 0 Å². The first-order valence-electron chi connectivity index (χ1n) is 10.9. The zero-order valence-electron chi connectivity index (χ0n) is 19.0. The van der Waals surface area contributed by atoms with Crippen molar-refractivity contribution in [3.63, 3.8) is 0 Å². The van der Waals surface area contributed by atoms with Gasteiger partial charge in [0.15, 0.2) is 4.80 Å². The lowest BCUT2D eigenvalue weighted by Gasteiger charge is -2.25. The lowest BCUT2D eigenvalue weighted by atomic mass is 9.96. The molecule has 1 aliphatic heterocycles. The molecule has 0 unspecified atom stereocenters. The Morgan fingerprint density at radius 3 is 2.55 bits per heavy atom. The van der Waals surface area contributed by atoms with Crippen LogP contribution in [0.2, 0.25) is 5.02 Å². The number of thiazole rings is 1. The summed E-state index contributed by atoms with van der Waals surface area (Å²) in [5, 5.41) is 0.470. The number of aromatic nitrogens is 1. The lowest BCUT2D eigenvalue weighted by molar-refractivity contribution is -0.139. The normalized spacial score (nSPS) is 16.1. The molecule has 0 N–H and O–H groups in total. The molecule has 0 radical (unpaired) electrons. The van der Waals surface area contributed by atoms with Gasteiger partial charge in [0, 0.05) is 5.02 Å². The molecule has 2 heterocycles. The van der Waals surface area contributed by atoms with E-state index in [1.807, 2.05) is 36.4 Å². The van der Waals surface area contributed by atoms with E-state index < -0.39 is 12.0 Å². The second-order valence-corrected chi connectivity index (χ2v) is 9.56. The Labute approximate surface area is 201 Å². The molecule has 0 fully saturated rings. The van der Waals surface area contributed by atoms with Crippen LogP contribution in [0.5, 0.6) is 0 Å². The number of allylic oxidation sites excluding steroid dienone is 1. The molecule has 0 aliphatic carbocycles. The van der Waals surface area contributed by atoms with E-state index in [4.69, 9.17) is 16.3 Å². The van der Waals surface area contributed by atoms with Gasteiger partial charge in [-0.2, -0.15) is 0 Å². The second-order valence-electron chi connectivity index (χ2n) is 8.15. The van der Waals surface area contributed by atoms with Crippen molar-refractivity contribution in [1.82, 2.24) is 4.57 Å². The molecule has 4 rings (SSSR count). The number of halogens is 1. The number of hydrogen-bond acceptors (Lipinski definition) is 5. The van der Waals surface area contributed by atoms with Crippen molar-refractivity contribution in [3.05, 3.63) is 101 Å². The first-order chi connectivity index (χ1) is 15.8. The molecule has 1 aromatic heterocycles. The van der Waals surface area contributed by atoms with Crippen molar-refractivity contribution in [1.29, 1.82) is 0 Å². The number of hydrogen-bond donors (Lipinski definition) is 0. The summed E-state index contributed by atoms with van der Waals surface area (Å²) in [6.45, 7) is 8.02. The summed E-state index contributed by atoms with van der Waals surface area (Å²) < 4.78 is 7.41. The second kappa shape index (κ2) is 9.49. The maximum Gasteiger partial charge on any atom is 0.338 e. The third-order valence-corrected chi connectivity index (χ3v) is 6.94. The summed E-state index contributed by atoms with van der Waals surface area (Å²) >= 11 is 7.82. The van der Waals surface area contributed by atoms with E-state index in [0.717, 1.165) is 5.56 Å². The zero-order valence-corrected chi connectivity index (χ0v) is 20.5. The molecule has 1 atom stereocenters. The summed E-state index contributed by atoms with van der Waals surface area (Å²) in [6, 6.07) is 14.7. The number of ether oxygens (including phenoxy) is 1. The van der Waals surface area contributed by atoms with Crippen molar-refractivity contribution in [2.24, 2.45) is 4.99 Å². The molecular weight excluding hydrogens is 456 g/mol. The Kier molecular flexibility index (Phi) is 6.68. The van der Waals surface area contributed by atoms with E-state index in [2.05, 4.69) is 31.0 Å². The minimum Gasteiger partial charge on any atom is -0.463 e. The molecule has 33 heavy (non-hydrogen) atoms. The first kappa shape index (κ1) is 23.2. The number of esters is 1. The van der Waals surface area contributed by atoms with Gasteiger partial charge in [-0.25, -0.2) is 9.79 Å². The Balaban J connectivity index is 1.92. The number of benzene rings is 2. The Morgan fingerprint density at radius 2 is 1.91 bits per heavy atom. The fraction of sp³-hybridized carbons (Fsp3) is 0.269. The molecule has 170 valence electrons. The number of fused-ring (bicyclic) bond motifs is 1. The summed E-state index contributed by atoms with van der Waals surface area (Å²) in [4.78, 5) is 31.6. The van der Waals surface area contributed by atoms with Crippen LogP contribution in [0.4, 0.5) is 0 Å². The molecule has 1 aliphatic rings. The standard InChI is InChI=1S/C26H25ClN2O3S/c1-5-32-25(31)22-16(4)28-26-29(23(22)19-8-6-7-9-20(19)27)24(30)21(33-26)14-17-10-12-18(13-11-17)15(2)3/h6-15,23H,5H2,1-4H3/b21-14-/t23-/m1/s1. The van der Waals surface area contributed by atoms with Gasteiger partial charge in [0.25, 0.3) is 5.56 Å². The predicted octanol–water partition coefficient (Wildman–Crippen LogP) is 4.58. The van der Waals surface area contributed by atoms with Gasteiger partial charge in [0.05, 0.1) is 22.4 Å². The van der Waals surface area contributed by atoms with Crippen LogP contribution in [0.25, 0.3) is 6.08 Å². The van der Waals surface area contributed by atoms with Crippen LogP contribution >= 0.6 is 22.9 Å². The van der Waals surface area contributed by atoms with Gasteiger partial charge < -0.3 is 4.74 Å². The SMILES string of the molecule is CCOC(=O)C1=C(C)N=c2s/c(=C\c3ccc(C(C)C)cc3)c(=O)n2[C@@H]1c1ccccc1Cl. The fourth-order valence-corrected chi connectivity index (χ4v) is 5.20. The summed E-state index contributed by atoms with van der Waals surface area (Å²) in [6.07, 6.45) is 1.86. The van der Waals surface area contributed by atoms with Gasteiger partial charge in [0.2, 0.25) is 0 Å². The lowest BCUT2D eigenvalue weighted by Crippen LogP contribution is -2.40. The number of carbonyl (C=O) groups is 1. The molecule has 3 aromatic rings. The molecule has 0 spiro atoms. The molecular formula is C26H25ClN2O3S. The monoisotopic (exact) mass is 480 g/mol. The minimum atomic E-state index is -0.709. The maximum atomic E-state index is 13.6. The third-order valence-electron chi connectivity index (χ3n) is 5.62. The van der Waals surface area contributed by atoms with E-state index in [9.17, 15) is 9.59 Å². The average molecular weight is 481 g/mol. The van der Waals surface area contributed by atoms with Gasteiger partial charge in [0.1, 0.15) is 6.04 Å². The first-order valence-corrected chi connectivity index (χ1v) is 12.0. The smallest absolute Gasteiger partial charge is 0.338 e. The highest BCUT2D eigenvalue weighted by molar-refractivity contribution is 7.07. The van der Waals surface area contributed by atoms with Crippen LogP contribution in [0.3, 0.4) is 0 Å². The largest absolute Gasteiger partial charge is 0.463 e. The van der Waals surface area contributed by atoms with Crippen molar-refractivity contribution >= 4 is 35.0 Å². The molecule has 5 nitrogen and oxygen atoms in total. The minimum absolute atomic E-state index is 0.217. The average Bonchev–Trinajstić information content (AvgIpc) is 3.08. The van der Waals surface area contributed by atoms with E-state index in [0.29, 0.717) is 37.1 Å². The highest BCUT2D eigenvalue weighted by Gasteiger charge is 2.34. The van der Waals surface area contributed by atoms with Crippen LogP contribution in [-0.2, 0) is 9.53 Å². The predicted molar refractivity (Wildman–Crippen MR) is 132 cm³/mol. The van der Waals surface area contributed by atoms with Crippen molar-refractivity contribution in [2.75, 3.05) is 6.61 Å². The Bertz CT molecular complexity index is 1410. The van der Waals surface area contributed by atoms with E-state index in [-0.39, 0.29) is 12.2 Å². The van der Waals surface area contributed by atoms with Crippen LogP contribution in [0, 0.1) is 0 Å². The molecule has 0 amide bonds. The van der Waals surface area contributed by atoms with Crippen LogP contribution < -0.4 is 14.9 Å². The highest BCUT2D eigenvalue weighted by Crippen LogP contribution is 2.34. The molecule has 0 saturated heterocycles. The van der Waals surface area contributed by atoms with Crippen LogP contribution in [0.1, 0.15) is 56.3 Å². The summed E-state index contributed by atoms with van der Waals surface area (Å²) in [5.74, 6) is -0.0634. The number of carbonyl (C=O) groups excluding carboxylic acids is 1. The third kappa shape index (κ3) is 4.45. The topological polar surface area (TPSA) is 60.7 Å². The molecule has 2 aromatic carbocycles. The van der Waals surface area contributed by atoms with E-state index in [1.54, 1.807) is 24.5 Å². The highest BCUT2D eigenvalue weighted by atomic mass is 35.5. The molecule has 0 bridgehead atoms. The quantitative estimate of drug-likeness (QED) is 0.502. The maximum absolute atomic E-state index is 13.6. The van der Waals surface area contributed by atoms with Gasteiger partial charge in [-0.15, -0.1) is 0 Å². The van der Waals surface area contributed by atoms with Crippen LogP contribution in [0.15, 0.2) is 69.6 Å². The van der Waals surface area contributed by atoms with Gasteiger partial charge in [-0.05, 0) is 48.6 Å². The van der Waals surface area contributed by atoms with Crippen molar-refractivity contribution < 1.29 is 9.53 Å². The fourth-order valence-electron chi connectivity index (χ4n) is 3.91. The summed E-state index contributed by atoms with van der Waals surface area (Å²) in [7, 11) is 0. The summed E-state index contributed by atoms with van der Waals surface area (Å²) in [5.41, 5.74) is 3.45.